The van der Waals surface area contributed by atoms with Gasteiger partial charge in [-0.2, -0.15) is 0 Å². The van der Waals surface area contributed by atoms with Crippen molar-refractivity contribution >= 4 is 42.6 Å². The molecule has 3 aromatic rings. The quantitative estimate of drug-likeness (QED) is 0.518. The first-order valence-corrected chi connectivity index (χ1v) is 7.36. The summed E-state index contributed by atoms with van der Waals surface area (Å²) in [6.45, 7) is 0. The molecule has 0 unspecified atom stereocenters. The number of hydrogen-bond donors (Lipinski definition) is 3. The molecule has 10 heteroatoms. The molecule has 1 aromatic carbocycles. The molecule has 8 nitrogen and oxygen atoms in total. The number of H-pyrrole nitrogens is 2. The van der Waals surface area contributed by atoms with Crippen LogP contribution >= 0.6 is 11.3 Å². The summed E-state index contributed by atoms with van der Waals surface area (Å²) in [5.41, 5.74) is 0.437. The van der Waals surface area contributed by atoms with E-state index in [0.717, 1.165) is 11.3 Å². The number of sulfonamides is 1. The zero-order valence-electron chi connectivity index (χ0n) is 9.13. The van der Waals surface area contributed by atoms with E-state index >= 15 is 0 Å². The van der Waals surface area contributed by atoms with Crippen molar-refractivity contribution in [2.75, 3.05) is 0 Å². The number of benzene rings is 1. The monoisotopic (exact) mass is 298 g/mol. The number of fused-ring (bicyclic) bond motifs is 3. The Morgan fingerprint density at radius 2 is 1.89 bits per heavy atom. The SMILES string of the molecule is NS(=O)(=O)c1cc2[nH]c(=O)c(=O)[nH]c2c2scnc12. The standard InChI is InChI=1S/C9H6N4O4S2/c10-19(16,17)4-1-3-5(7-6(4)11-2-18-7)13-9(15)8(14)12-3/h1-2H,(H,12,14)(H,13,15)(H2,10,16,17). The molecule has 0 amide bonds. The largest absolute Gasteiger partial charge is 0.316 e. The van der Waals surface area contributed by atoms with Gasteiger partial charge >= 0.3 is 11.1 Å². The molecule has 0 aliphatic heterocycles. The van der Waals surface area contributed by atoms with Gasteiger partial charge in [0.15, 0.2) is 0 Å². The summed E-state index contributed by atoms with van der Waals surface area (Å²) in [4.78, 5) is 31.0. The first-order chi connectivity index (χ1) is 8.88. The topological polar surface area (TPSA) is 139 Å². The predicted molar refractivity (Wildman–Crippen MR) is 69.7 cm³/mol. The zero-order chi connectivity index (χ0) is 13.8. The van der Waals surface area contributed by atoms with Crippen molar-refractivity contribution in [2.24, 2.45) is 5.14 Å². The Balaban J connectivity index is 2.67. The molecule has 0 radical (unpaired) electrons. The van der Waals surface area contributed by atoms with Crippen LogP contribution in [-0.4, -0.2) is 23.4 Å². The normalized spacial score (nSPS) is 12.3. The summed E-state index contributed by atoms with van der Waals surface area (Å²) < 4.78 is 23.5. The summed E-state index contributed by atoms with van der Waals surface area (Å²) in [6.07, 6.45) is 0. The zero-order valence-corrected chi connectivity index (χ0v) is 10.8. The maximum absolute atomic E-state index is 11.5. The van der Waals surface area contributed by atoms with Crippen LogP contribution in [-0.2, 0) is 10.0 Å². The summed E-state index contributed by atoms with van der Waals surface area (Å²) in [7, 11) is -3.98. The van der Waals surface area contributed by atoms with Crippen LogP contribution in [0.25, 0.3) is 21.3 Å². The van der Waals surface area contributed by atoms with Gasteiger partial charge in [0.1, 0.15) is 10.4 Å². The van der Waals surface area contributed by atoms with Gasteiger partial charge in [-0.05, 0) is 6.07 Å². The second-order valence-electron chi connectivity index (χ2n) is 3.78. The Bertz CT molecular complexity index is 1030. The lowest BCUT2D eigenvalue weighted by atomic mass is 10.3. The van der Waals surface area contributed by atoms with Crippen LogP contribution in [0.5, 0.6) is 0 Å². The first kappa shape index (κ1) is 12.0. The predicted octanol–water partition coefficient (Wildman–Crippen LogP) is -0.527. The van der Waals surface area contributed by atoms with Gasteiger partial charge in [-0.25, -0.2) is 18.5 Å². The highest BCUT2D eigenvalue weighted by molar-refractivity contribution is 7.89. The van der Waals surface area contributed by atoms with E-state index in [1.807, 2.05) is 0 Å². The van der Waals surface area contributed by atoms with Gasteiger partial charge in [0.25, 0.3) is 0 Å². The molecule has 98 valence electrons. The van der Waals surface area contributed by atoms with Crippen molar-refractivity contribution in [3.63, 3.8) is 0 Å². The summed E-state index contributed by atoms with van der Waals surface area (Å²) >= 11 is 1.14. The molecule has 4 N–H and O–H groups in total. The Morgan fingerprint density at radius 3 is 2.58 bits per heavy atom. The molecule has 2 heterocycles. The van der Waals surface area contributed by atoms with Crippen LogP contribution in [0, 0.1) is 0 Å². The van der Waals surface area contributed by atoms with Crippen LogP contribution in [0.3, 0.4) is 0 Å². The summed E-state index contributed by atoms with van der Waals surface area (Å²) in [5, 5.41) is 5.11. The second kappa shape index (κ2) is 3.73. The number of aromatic amines is 2. The molecule has 0 saturated carbocycles. The van der Waals surface area contributed by atoms with E-state index in [2.05, 4.69) is 15.0 Å². The third kappa shape index (κ3) is 1.77. The number of rotatable bonds is 1. The summed E-state index contributed by atoms with van der Waals surface area (Å²) in [6, 6.07) is 1.18. The minimum absolute atomic E-state index is 0.169. The van der Waals surface area contributed by atoms with E-state index < -0.39 is 21.1 Å². The van der Waals surface area contributed by atoms with Gasteiger partial charge in [-0.1, -0.05) is 0 Å². The maximum Gasteiger partial charge on any atom is 0.314 e. The van der Waals surface area contributed by atoms with Crippen LogP contribution < -0.4 is 16.3 Å². The summed E-state index contributed by atoms with van der Waals surface area (Å²) in [5.74, 6) is 0. The van der Waals surface area contributed by atoms with Gasteiger partial charge < -0.3 is 9.97 Å². The smallest absolute Gasteiger partial charge is 0.314 e. The fraction of sp³-hybridized carbons (Fsp3) is 0. The Kier molecular flexibility index (Phi) is 2.36. The molecule has 3 rings (SSSR count). The van der Waals surface area contributed by atoms with Crippen molar-refractivity contribution < 1.29 is 8.42 Å². The molecular formula is C9H6N4O4S2. The molecule has 0 atom stereocenters. The molecule has 0 saturated heterocycles. The van der Waals surface area contributed by atoms with Crippen LogP contribution in [0.4, 0.5) is 0 Å². The van der Waals surface area contributed by atoms with Crippen LogP contribution in [0.15, 0.2) is 26.1 Å². The maximum atomic E-state index is 11.5. The number of nitrogens with zero attached hydrogens (tertiary/aromatic N) is 1. The van der Waals surface area contributed by atoms with Gasteiger partial charge in [0.2, 0.25) is 10.0 Å². The molecule has 2 aromatic heterocycles. The van der Waals surface area contributed by atoms with E-state index in [9.17, 15) is 18.0 Å². The van der Waals surface area contributed by atoms with Gasteiger partial charge in [0.05, 0.1) is 21.2 Å². The average Bonchev–Trinajstić information content (AvgIpc) is 2.77. The first-order valence-electron chi connectivity index (χ1n) is 4.93. The van der Waals surface area contributed by atoms with E-state index in [4.69, 9.17) is 5.14 Å². The van der Waals surface area contributed by atoms with E-state index in [1.165, 1.54) is 11.6 Å². The molecule has 19 heavy (non-hydrogen) atoms. The Morgan fingerprint density at radius 1 is 1.21 bits per heavy atom. The fourth-order valence-electron chi connectivity index (χ4n) is 1.78. The molecule has 0 spiro atoms. The highest BCUT2D eigenvalue weighted by Gasteiger charge is 2.18. The highest BCUT2D eigenvalue weighted by atomic mass is 32.2. The minimum Gasteiger partial charge on any atom is -0.316 e. The Hall–Kier alpha value is -2.04. The lowest BCUT2D eigenvalue weighted by molar-refractivity contribution is 0.598. The number of hydrogen-bond acceptors (Lipinski definition) is 6. The van der Waals surface area contributed by atoms with Crippen LogP contribution in [0.2, 0.25) is 0 Å². The van der Waals surface area contributed by atoms with Crippen molar-refractivity contribution in [1.82, 2.24) is 15.0 Å². The number of nitrogens with one attached hydrogen (secondary N) is 2. The number of primary sulfonamides is 1. The van der Waals surface area contributed by atoms with E-state index in [0.29, 0.717) is 10.2 Å². The van der Waals surface area contributed by atoms with Gasteiger partial charge in [0, 0.05) is 0 Å². The number of nitrogens with two attached hydrogens (primary N) is 1. The molecule has 0 aliphatic rings. The number of thiazole rings is 1. The van der Waals surface area contributed by atoms with Crippen molar-refractivity contribution in [1.29, 1.82) is 0 Å². The lowest BCUT2D eigenvalue weighted by Gasteiger charge is -2.03. The average molecular weight is 298 g/mol. The third-order valence-electron chi connectivity index (χ3n) is 2.57. The lowest BCUT2D eigenvalue weighted by Crippen LogP contribution is -2.29. The second-order valence-corrected chi connectivity index (χ2v) is 6.17. The van der Waals surface area contributed by atoms with Crippen LogP contribution in [0.1, 0.15) is 0 Å². The van der Waals surface area contributed by atoms with E-state index in [-0.39, 0.29) is 15.9 Å². The minimum atomic E-state index is -3.98. The molecule has 0 bridgehead atoms. The van der Waals surface area contributed by atoms with Crippen molar-refractivity contribution in [3.8, 4) is 0 Å². The third-order valence-corrected chi connectivity index (χ3v) is 4.34. The van der Waals surface area contributed by atoms with Crippen molar-refractivity contribution in [3.05, 3.63) is 32.3 Å². The van der Waals surface area contributed by atoms with Gasteiger partial charge in [-0.15, -0.1) is 11.3 Å². The Labute approximate surface area is 109 Å². The van der Waals surface area contributed by atoms with Crippen molar-refractivity contribution in [2.45, 2.75) is 4.90 Å². The molecule has 0 aliphatic carbocycles. The van der Waals surface area contributed by atoms with E-state index in [1.54, 1.807) is 0 Å². The van der Waals surface area contributed by atoms with Gasteiger partial charge in [-0.3, -0.25) is 9.59 Å². The molecular weight excluding hydrogens is 292 g/mol. The molecule has 0 fully saturated rings. The number of aromatic nitrogens is 3. The highest BCUT2D eigenvalue weighted by Crippen LogP contribution is 2.29. The fourth-order valence-corrected chi connectivity index (χ4v) is 3.37.